The summed E-state index contributed by atoms with van der Waals surface area (Å²) in [6.07, 6.45) is 2.96. The van der Waals surface area contributed by atoms with Crippen molar-refractivity contribution in [3.8, 4) is 11.5 Å². The van der Waals surface area contributed by atoms with Crippen LogP contribution in [0.3, 0.4) is 0 Å². The monoisotopic (exact) mass is 447 g/mol. The van der Waals surface area contributed by atoms with Crippen molar-refractivity contribution in [2.45, 2.75) is 0 Å². The summed E-state index contributed by atoms with van der Waals surface area (Å²) in [5.74, 6) is 0.147. The molecule has 2 amide bonds. The third-order valence-electron chi connectivity index (χ3n) is 4.51. The Morgan fingerprint density at radius 2 is 1.69 bits per heavy atom. The largest absolute Gasteiger partial charge is 0.454 e. The van der Waals surface area contributed by atoms with Gasteiger partial charge < -0.3 is 14.8 Å². The van der Waals surface area contributed by atoms with Crippen molar-refractivity contribution in [3.05, 3.63) is 100 Å². The van der Waals surface area contributed by atoms with Crippen LogP contribution in [-0.4, -0.2) is 24.8 Å². The molecule has 0 spiro atoms. The number of hydrogen-bond acceptors (Lipinski definition) is 5. The number of fused-ring (bicyclic) bond motifs is 1. The van der Waals surface area contributed by atoms with E-state index in [2.05, 4.69) is 15.8 Å². The van der Waals surface area contributed by atoms with E-state index < -0.39 is 11.8 Å². The normalized spacial score (nSPS) is 12.6. The fourth-order valence-electron chi connectivity index (χ4n) is 2.91. The third kappa shape index (κ3) is 5.14. The molecular weight excluding hydrogens is 430 g/mol. The first-order chi connectivity index (χ1) is 15.6. The van der Waals surface area contributed by atoms with Crippen molar-refractivity contribution in [1.82, 2.24) is 10.7 Å². The summed E-state index contributed by atoms with van der Waals surface area (Å²) < 4.78 is 10.7. The van der Waals surface area contributed by atoms with Gasteiger partial charge in [-0.15, -0.1) is 0 Å². The molecule has 1 heterocycles. The summed E-state index contributed by atoms with van der Waals surface area (Å²) in [7, 11) is 0. The average Bonchev–Trinajstić information content (AvgIpc) is 3.28. The molecule has 32 heavy (non-hydrogen) atoms. The van der Waals surface area contributed by atoms with Gasteiger partial charge in [-0.2, -0.15) is 5.10 Å². The second-order valence-corrected chi connectivity index (χ2v) is 7.12. The zero-order valence-corrected chi connectivity index (χ0v) is 17.5. The van der Waals surface area contributed by atoms with Crippen LogP contribution >= 0.6 is 11.6 Å². The standard InChI is InChI=1S/C24H18ClN3O4/c25-19-9-5-4-8-18(19)14-26-28-24(30)20(27-23(29)17-6-2-1-3-7-17)12-16-10-11-21-22(13-16)32-15-31-21/h1-14H,15H2,(H,27,29)(H,28,30)/b20-12+,26-14-. The summed E-state index contributed by atoms with van der Waals surface area (Å²) in [6.45, 7) is 0.136. The number of amides is 2. The van der Waals surface area contributed by atoms with Crippen LogP contribution in [0.25, 0.3) is 6.08 Å². The highest BCUT2D eigenvalue weighted by molar-refractivity contribution is 6.33. The second kappa shape index (κ2) is 9.80. The molecule has 3 aromatic carbocycles. The summed E-state index contributed by atoms with van der Waals surface area (Å²) >= 11 is 6.10. The summed E-state index contributed by atoms with van der Waals surface area (Å²) in [4.78, 5) is 25.5. The Morgan fingerprint density at radius 1 is 0.938 bits per heavy atom. The first-order valence-corrected chi connectivity index (χ1v) is 10.0. The lowest BCUT2D eigenvalue weighted by Gasteiger charge is -2.09. The highest BCUT2D eigenvalue weighted by atomic mass is 35.5. The van der Waals surface area contributed by atoms with Crippen LogP contribution in [0.15, 0.2) is 83.6 Å². The molecule has 1 aliphatic heterocycles. The number of ether oxygens (including phenoxy) is 2. The van der Waals surface area contributed by atoms with Gasteiger partial charge in [-0.1, -0.05) is 54.1 Å². The molecule has 0 unspecified atom stereocenters. The van der Waals surface area contributed by atoms with Gasteiger partial charge in [0.2, 0.25) is 6.79 Å². The molecule has 0 saturated heterocycles. The number of hydrazone groups is 1. The van der Waals surface area contributed by atoms with E-state index in [0.717, 1.165) is 0 Å². The molecular formula is C24H18ClN3O4. The molecule has 2 N–H and O–H groups in total. The smallest absolute Gasteiger partial charge is 0.287 e. The van der Waals surface area contributed by atoms with Crippen molar-refractivity contribution in [2.75, 3.05) is 6.79 Å². The second-order valence-electron chi connectivity index (χ2n) is 6.71. The van der Waals surface area contributed by atoms with Crippen LogP contribution in [-0.2, 0) is 4.79 Å². The first-order valence-electron chi connectivity index (χ1n) is 9.66. The van der Waals surface area contributed by atoms with Gasteiger partial charge in [-0.3, -0.25) is 9.59 Å². The number of carbonyl (C=O) groups is 2. The first kappa shape index (κ1) is 21.1. The van der Waals surface area contributed by atoms with E-state index >= 15 is 0 Å². The predicted octanol–water partition coefficient (Wildman–Crippen LogP) is 3.99. The van der Waals surface area contributed by atoms with E-state index in [1.165, 1.54) is 12.3 Å². The summed E-state index contributed by atoms with van der Waals surface area (Å²) in [5, 5.41) is 7.10. The maximum atomic E-state index is 12.8. The molecule has 0 bridgehead atoms. The zero-order chi connectivity index (χ0) is 22.3. The number of hydrogen-bond donors (Lipinski definition) is 2. The molecule has 3 aromatic rings. The molecule has 160 valence electrons. The van der Waals surface area contributed by atoms with E-state index in [-0.39, 0.29) is 12.5 Å². The van der Waals surface area contributed by atoms with Gasteiger partial charge >= 0.3 is 0 Å². The maximum absolute atomic E-state index is 12.8. The van der Waals surface area contributed by atoms with E-state index in [1.807, 2.05) is 0 Å². The lowest BCUT2D eigenvalue weighted by molar-refractivity contribution is -0.117. The summed E-state index contributed by atoms with van der Waals surface area (Å²) in [5.41, 5.74) is 4.13. The van der Waals surface area contributed by atoms with Crippen molar-refractivity contribution in [1.29, 1.82) is 0 Å². The van der Waals surface area contributed by atoms with Gasteiger partial charge in [0.15, 0.2) is 11.5 Å². The van der Waals surface area contributed by atoms with Gasteiger partial charge in [0.1, 0.15) is 5.70 Å². The Morgan fingerprint density at radius 3 is 2.50 bits per heavy atom. The van der Waals surface area contributed by atoms with Crippen molar-refractivity contribution in [2.24, 2.45) is 5.10 Å². The van der Waals surface area contributed by atoms with Crippen LogP contribution in [0.2, 0.25) is 5.02 Å². The molecule has 0 radical (unpaired) electrons. The Hall–Kier alpha value is -4.10. The molecule has 0 atom stereocenters. The fraction of sp³-hybridized carbons (Fsp3) is 0.0417. The van der Waals surface area contributed by atoms with E-state index in [0.29, 0.717) is 33.2 Å². The predicted molar refractivity (Wildman–Crippen MR) is 122 cm³/mol. The molecule has 4 rings (SSSR count). The number of carbonyl (C=O) groups excluding carboxylic acids is 2. The summed E-state index contributed by atoms with van der Waals surface area (Å²) in [6, 6.07) is 20.9. The Balaban J connectivity index is 1.57. The highest BCUT2D eigenvalue weighted by Crippen LogP contribution is 2.33. The van der Waals surface area contributed by atoms with Gasteiger partial charge in [0, 0.05) is 16.1 Å². The lowest BCUT2D eigenvalue weighted by Crippen LogP contribution is -2.32. The third-order valence-corrected chi connectivity index (χ3v) is 4.86. The fourth-order valence-corrected chi connectivity index (χ4v) is 3.10. The van der Waals surface area contributed by atoms with Gasteiger partial charge in [0.25, 0.3) is 11.8 Å². The van der Waals surface area contributed by atoms with Crippen molar-refractivity contribution >= 4 is 35.7 Å². The lowest BCUT2D eigenvalue weighted by atomic mass is 10.1. The molecule has 0 aromatic heterocycles. The maximum Gasteiger partial charge on any atom is 0.287 e. The number of halogens is 1. The molecule has 0 aliphatic carbocycles. The van der Waals surface area contributed by atoms with Crippen LogP contribution in [0.4, 0.5) is 0 Å². The number of nitrogens with one attached hydrogen (secondary N) is 2. The molecule has 0 fully saturated rings. The zero-order valence-electron chi connectivity index (χ0n) is 16.7. The Labute approximate surface area is 189 Å². The van der Waals surface area contributed by atoms with Crippen molar-refractivity contribution < 1.29 is 19.1 Å². The minimum absolute atomic E-state index is 0.00836. The van der Waals surface area contributed by atoms with Crippen LogP contribution < -0.4 is 20.2 Å². The molecule has 1 aliphatic rings. The van der Waals surface area contributed by atoms with E-state index in [4.69, 9.17) is 21.1 Å². The number of benzene rings is 3. The van der Waals surface area contributed by atoms with Crippen LogP contribution in [0, 0.1) is 0 Å². The van der Waals surface area contributed by atoms with E-state index in [9.17, 15) is 9.59 Å². The minimum atomic E-state index is -0.602. The highest BCUT2D eigenvalue weighted by Gasteiger charge is 2.16. The van der Waals surface area contributed by atoms with Gasteiger partial charge in [-0.05, 0) is 42.0 Å². The van der Waals surface area contributed by atoms with E-state index in [1.54, 1.807) is 72.8 Å². The topological polar surface area (TPSA) is 89.0 Å². The van der Waals surface area contributed by atoms with Crippen LogP contribution in [0.1, 0.15) is 21.5 Å². The minimum Gasteiger partial charge on any atom is -0.454 e. The average molecular weight is 448 g/mol. The molecule has 7 nitrogen and oxygen atoms in total. The SMILES string of the molecule is O=C(N/N=C\c1ccccc1Cl)/C(=C\c1ccc2c(c1)OCO2)NC(=O)c1ccccc1. The number of nitrogens with zero attached hydrogens (tertiary/aromatic N) is 1. The number of rotatable bonds is 6. The van der Waals surface area contributed by atoms with Gasteiger partial charge in [0.05, 0.1) is 6.21 Å². The van der Waals surface area contributed by atoms with Crippen LogP contribution in [0.5, 0.6) is 11.5 Å². The van der Waals surface area contributed by atoms with Crippen molar-refractivity contribution in [3.63, 3.8) is 0 Å². The Bertz CT molecular complexity index is 1210. The molecule has 8 heteroatoms. The quantitative estimate of drug-likeness (QED) is 0.339. The Kier molecular flexibility index (Phi) is 6.48. The van der Waals surface area contributed by atoms with Gasteiger partial charge in [-0.25, -0.2) is 5.43 Å². The molecule has 0 saturated carbocycles.